The number of aryl methyl sites for hydroxylation is 2. The van der Waals surface area contributed by atoms with E-state index < -0.39 is 29.9 Å². The summed E-state index contributed by atoms with van der Waals surface area (Å²) in [7, 11) is 1.83. The molecular formula is C30H36F3N5O5. The fourth-order valence-corrected chi connectivity index (χ4v) is 4.97. The minimum Gasteiger partial charge on any atom is -0.486 e. The second-order valence-corrected chi connectivity index (χ2v) is 11.0. The number of fused-ring (bicyclic) bond motifs is 1. The Balaban J connectivity index is 1.61. The zero-order valence-electron chi connectivity index (χ0n) is 24.7. The van der Waals surface area contributed by atoms with E-state index in [9.17, 15) is 27.9 Å². The SMILES string of the molecule is Cc1noc(C)c1NC(=O)Nc1cccc2c1O[C@@H](CN(C)Cc1ccc(C(F)(F)F)cc1)[C@@H](C)CN([C@@H](C)CO)C2=O. The second kappa shape index (κ2) is 13.0. The number of amides is 3. The average Bonchev–Trinajstić information content (AvgIpc) is 3.26. The lowest BCUT2D eigenvalue weighted by atomic mass is 9.98. The lowest BCUT2D eigenvalue weighted by molar-refractivity contribution is -0.137. The van der Waals surface area contributed by atoms with Crippen LogP contribution in [0.25, 0.3) is 0 Å². The molecule has 1 aliphatic heterocycles. The number of benzene rings is 2. The standard InChI is InChI=1S/C30H36F3N5O5/c1-17-13-38(18(2)16-39)28(40)23-7-6-8-24(34-29(41)35-26-19(3)36-43-20(26)4)27(23)42-25(17)15-37(5)14-21-9-11-22(12-10-21)30(31,32)33/h6-12,17-18,25,39H,13-16H2,1-5H3,(H2,34,35,41)/t17-,18-,25-/m0/s1. The van der Waals surface area contributed by atoms with Crippen LogP contribution in [-0.4, -0.2) is 70.9 Å². The summed E-state index contributed by atoms with van der Waals surface area (Å²) in [6.07, 6.45) is -4.90. The molecule has 232 valence electrons. The Morgan fingerprint density at radius 3 is 2.49 bits per heavy atom. The quantitative estimate of drug-likeness (QED) is 0.319. The zero-order valence-corrected chi connectivity index (χ0v) is 24.7. The molecule has 43 heavy (non-hydrogen) atoms. The van der Waals surface area contributed by atoms with E-state index in [-0.39, 0.29) is 35.4 Å². The van der Waals surface area contributed by atoms with Crippen LogP contribution in [0.15, 0.2) is 47.0 Å². The number of nitrogens with zero attached hydrogens (tertiary/aromatic N) is 3. The molecule has 0 saturated heterocycles. The Bertz CT molecular complexity index is 1420. The molecule has 0 radical (unpaired) electrons. The average molecular weight is 604 g/mol. The van der Waals surface area contributed by atoms with Gasteiger partial charge in [0.1, 0.15) is 17.5 Å². The lowest BCUT2D eigenvalue weighted by Gasteiger charge is -2.38. The van der Waals surface area contributed by atoms with Gasteiger partial charge in [0, 0.05) is 25.6 Å². The number of carbonyl (C=O) groups is 2. The number of alkyl halides is 3. The van der Waals surface area contributed by atoms with E-state index in [1.165, 1.54) is 12.1 Å². The Morgan fingerprint density at radius 1 is 1.19 bits per heavy atom. The first kappa shape index (κ1) is 31.8. The van der Waals surface area contributed by atoms with Crippen molar-refractivity contribution in [3.05, 3.63) is 70.6 Å². The number of hydrogen-bond donors (Lipinski definition) is 3. The largest absolute Gasteiger partial charge is 0.486 e. The topological polar surface area (TPSA) is 120 Å². The van der Waals surface area contributed by atoms with Gasteiger partial charge in [0.2, 0.25) is 0 Å². The van der Waals surface area contributed by atoms with Crippen LogP contribution in [0, 0.1) is 19.8 Å². The van der Waals surface area contributed by atoms with Gasteiger partial charge in [-0.1, -0.05) is 30.3 Å². The first-order chi connectivity index (χ1) is 20.3. The molecule has 10 nitrogen and oxygen atoms in total. The summed E-state index contributed by atoms with van der Waals surface area (Å²) in [5.74, 6) is 0.0391. The van der Waals surface area contributed by atoms with Crippen LogP contribution in [0.5, 0.6) is 5.75 Å². The van der Waals surface area contributed by atoms with Crippen LogP contribution in [0.4, 0.5) is 29.3 Å². The van der Waals surface area contributed by atoms with E-state index in [2.05, 4.69) is 15.8 Å². The number of ether oxygens (including phenoxy) is 1. The summed E-state index contributed by atoms with van der Waals surface area (Å²) < 4.78 is 50.6. The number of urea groups is 1. The van der Waals surface area contributed by atoms with E-state index in [0.717, 1.165) is 12.1 Å². The number of likely N-dealkylation sites (N-methyl/N-ethyl adjacent to an activating group) is 1. The Morgan fingerprint density at radius 2 is 1.88 bits per heavy atom. The van der Waals surface area contributed by atoms with Crippen molar-refractivity contribution >= 4 is 23.3 Å². The molecule has 0 bridgehead atoms. The number of carbonyl (C=O) groups excluding carboxylic acids is 2. The highest BCUT2D eigenvalue weighted by Crippen LogP contribution is 2.35. The Labute approximate surface area is 247 Å². The summed E-state index contributed by atoms with van der Waals surface area (Å²) in [4.78, 5) is 30.2. The van der Waals surface area contributed by atoms with Crippen LogP contribution in [0.2, 0.25) is 0 Å². The molecule has 0 unspecified atom stereocenters. The number of anilines is 2. The van der Waals surface area contributed by atoms with Crippen molar-refractivity contribution in [2.75, 3.05) is 37.4 Å². The van der Waals surface area contributed by atoms with Crippen LogP contribution < -0.4 is 15.4 Å². The number of aliphatic hydroxyl groups excluding tert-OH is 1. The summed E-state index contributed by atoms with van der Waals surface area (Å²) in [6, 6.07) is 8.78. The van der Waals surface area contributed by atoms with Gasteiger partial charge < -0.3 is 29.9 Å². The van der Waals surface area contributed by atoms with Crippen molar-refractivity contribution < 1.29 is 37.1 Å². The van der Waals surface area contributed by atoms with Gasteiger partial charge in [-0.3, -0.25) is 9.69 Å². The number of aromatic nitrogens is 1. The molecule has 3 atom stereocenters. The van der Waals surface area contributed by atoms with Gasteiger partial charge in [0.05, 0.1) is 29.5 Å². The van der Waals surface area contributed by atoms with E-state index in [4.69, 9.17) is 9.26 Å². The normalized spacial score (nSPS) is 18.0. The number of rotatable bonds is 8. The predicted molar refractivity (Wildman–Crippen MR) is 154 cm³/mol. The first-order valence-electron chi connectivity index (χ1n) is 13.9. The van der Waals surface area contributed by atoms with Gasteiger partial charge in [0.15, 0.2) is 11.5 Å². The molecule has 3 aromatic rings. The molecule has 1 aliphatic rings. The predicted octanol–water partition coefficient (Wildman–Crippen LogP) is 5.31. The van der Waals surface area contributed by atoms with Gasteiger partial charge >= 0.3 is 12.2 Å². The van der Waals surface area contributed by atoms with Gasteiger partial charge in [0.25, 0.3) is 5.91 Å². The number of hydrogen-bond acceptors (Lipinski definition) is 7. The fourth-order valence-electron chi connectivity index (χ4n) is 4.97. The Hall–Kier alpha value is -4.10. The second-order valence-electron chi connectivity index (χ2n) is 11.0. The van der Waals surface area contributed by atoms with Crippen molar-refractivity contribution in [3.63, 3.8) is 0 Å². The van der Waals surface area contributed by atoms with Crippen molar-refractivity contribution in [2.45, 2.75) is 52.6 Å². The zero-order chi connectivity index (χ0) is 31.5. The van der Waals surface area contributed by atoms with Crippen molar-refractivity contribution in [2.24, 2.45) is 5.92 Å². The van der Waals surface area contributed by atoms with Gasteiger partial charge in [-0.25, -0.2) is 4.79 Å². The highest BCUT2D eigenvalue weighted by molar-refractivity contribution is 6.04. The highest BCUT2D eigenvalue weighted by atomic mass is 19.4. The van der Waals surface area contributed by atoms with Crippen molar-refractivity contribution in [3.8, 4) is 5.75 Å². The molecule has 1 aromatic heterocycles. The van der Waals surface area contributed by atoms with E-state index in [1.54, 1.807) is 43.9 Å². The molecule has 3 amide bonds. The summed E-state index contributed by atoms with van der Waals surface area (Å²) >= 11 is 0. The van der Waals surface area contributed by atoms with Crippen molar-refractivity contribution in [1.29, 1.82) is 0 Å². The van der Waals surface area contributed by atoms with Crippen molar-refractivity contribution in [1.82, 2.24) is 15.0 Å². The van der Waals surface area contributed by atoms with Crippen LogP contribution in [-0.2, 0) is 12.7 Å². The van der Waals surface area contributed by atoms with Crippen LogP contribution in [0.1, 0.15) is 46.8 Å². The third-order valence-corrected chi connectivity index (χ3v) is 7.44. The first-order valence-corrected chi connectivity index (χ1v) is 13.9. The molecule has 0 fully saturated rings. The summed E-state index contributed by atoms with van der Waals surface area (Å²) in [5.41, 5.74) is 1.38. The molecule has 0 aliphatic carbocycles. The highest BCUT2D eigenvalue weighted by Gasteiger charge is 2.35. The fraction of sp³-hybridized carbons (Fsp3) is 0.433. The molecule has 0 spiro atoms. The van der Waals surface area contributed by atoms with Crippen LogP contribution >= 0.6 is 0 Å². The van der Waals surface area contributed by atoms with E-state index in [0.29, 0.717) is 42.3 Å². The monoisotopic (exact) mass is 603 g/mol. The summed E-state index contributed by atoms with van der Waals surface area (Å²) in [5, 5.41) is 19.2. The lowest BCUT2D eigenvalue weighted by Crippen LogP contribution is -2.49. The van der Waals surface area contributed by atoms with Gasteiger partial charge in [-0.2, -0.15) is 13.2 Å². The maximum atomic E-state index is 13.7. The van der Waals surface area contributed by atoms with Crippen LogP contribution in [0.3, 0.4) is 0 Å². The summed E-state index contributed by atoms with van der Waals surface area (Å²) in [6.45, 7) is 7.79. The third-order valence-electron chi connectivity index (χ3n) is 7.44. The maximum Gasteiger partial charge on any atom is 0.416 e. The molecule has 2 heterocycles. The molecule has 4 rings (SSSR count). The van der Waals surface area contributed by atoms with E-state index >= 15 is 0 Å². The molecule has 13 heteroatoms. The molecular weight excluding hydrogens is 567 g/mol. The Kier molecular flexibility index (Phi) is 9.65. The minimum atomic E-state index is -4.41. The number of nitrogens with one attached hydrogen (secondary N) is 2. The van der Waals surface area contributed by atoms with Gasteiger partial charge in [-0.05, 0) is 57.6 Å². The molecule has 0 saturated carbocycles. The number of halogens is 3. The number of para-hydroxylation sites is 1. The molecule has 2 aromatic carbocycles. The number of aliphatic hydroxyl groups is 1. The smallest absolute Gasteiger partial charge is 0.416 e. The van der Waals surface area contributed by atoms with E-state index in [1.807, 2.05) is 18.9 Å². The molecule has 3 N–H and O–H groups in total. The maximum absolute atomic E-state index is 13.7. The third kappa shape index (κ3) is 7.46. The van der Waals surface area contributed by atoms with Gasteiger partial charge in [-0.15, -0.1) is 0 Å². The minimum absolute atomic E-state index is 0.177.